The van der Waals surface area contributed by atoms with Crippen molar-refractivity contribution >= 4 is 22.6 Å². The topological polar surface area (TPSA) is 29.9 Å². The summed E-state index contributed by atoms with van der Waals surface area (Å²) in [5.41, 5.74) is 0.991. The summed E-state index contributed by atoms with van der Waals surface area (Å²) in [5.74, 6) is 0. The van der Waals surface area contributed by atoms with E-state index in [-0.39, 0.29) is 0 Å². The molecule has 3 heterocycles. The molecule has 0 saturated carbocycles. The van der Waals surface area contributed by atoms with Crippen LogP contribution < -0.4 is 5.32 Å². The minimum absolute atomic E-state index is 0.527. The second kappa shape index (κ2) is 4.67. The van der Waals surface area contributed by atoms with Gasteiger partial charge in [-0.1, -0.05) is 18.0 Å². The molecule has 2 aromatic heterocycles. The Kier molecular flexibility index (Phi) is 3.04. The zero-order valence-corrected chi connectivity index (χ0v) is 10.5. The fourth-order valence-corrected chi connectivity index (χ4v) is 2.80. The molecule has 1 aliphatic heterocycles. The van der Waals surface area contributed by atoms with Crippen molar-refractivity contribution in [1.29, 1.82) is 0 Å². The number of piperidine rings is 1. The molecule has 0 radical (unpaired) electrons. The van der Waals surface area contributed by atoms with E-state index in [0.717, 1.165) is 29.3 Å². The quantitative estimate of drug-likeness (QED) is 0.887. The van der Waals surface area contributed by atoms with E-state index in [1.165, 1.54) is 19.3 Å². The van der Waals surface area contributed by atoms with E-state index >= 15 is 0 Å². The molecule has 0 bridgehead atoms. The molecule has 1 fully saturated rings. The third kappa shape index (κ3) is 2.17. The molecule has 1 unspecified atom stereocenters. The number of hydrogen-bond acceptors (Lipinski definition) is 2. The molecule has 1 aliphatic rings. The molecule has 0 amide bonds. The molecule has 4 heteroatoms. The SMILES string of the molecule is Clc1cc2cccnc2n1CC1CCCCN1. The Balaban J connectivity index is 1.90. The first-order valence-electron chi connectivity index (χ1n) is 6.18. The van der Waals surface area contributed by atoms with Crippen LogP contribution in [-0.2, 0) is 6.54 Å². The Hall–Kier alpha value is -1.06. The molecule has 2 aromatic rings. The number of nitrogens with one attached hydrogen (secondary N) is 1. The van der Waals surface area contributed by atoms with Gasteiger partial charge in [-0.3, -0.25) is 0 Å². The number of nitrogens with zero attached hydrogens (tertiary/aromatic N) is 2. The molecule has 90 valence electrons. The average molecular weight is 250 g/mol. The van der Waals surface area contributed by atoms with Gasteiger partial charge >= 0.3 is 0 Å². The van der Waals surface area contributed by atoms with Crippen LogP contribution in [0.2, 0.25) is 5.15 Å². The zero-order chi connectivity index (χ0) is 11.7. The van der Waals surface area contributed by atoms with E-state index in [1.807, 2.05) is 18.3 Å². The molecular formula is C13H16ClN3. The van der Waals surface area contributed by atoms with Crippen molar-refractivity contribution in [3.8, 4) is 0 Å². The standard InChI is InChI=1S/C13H16ClN3/c14-12-8-10-4-3-7-16-13(10)17(12)9-11-5-1-2-6-15-11/h3-4,7-8,11,15H,1-2,5-6,9H2. The van der Waals surface area contributed by atoms with Gasteiger partial charge in [0.05, 0.1) is 0 Å². The van der Waals surface area contributed by atoms with Crippen molar-refractivity contribution < 1.29 is 0 Å². The van der Waals surface area contributed by atoms with E-state index in [9.17, 15) is 0 Å². The first-order chi connectivity index (χ1) is 8.34. The van der Waals surface area contributed by atoms with E-state index in [2.05, 4.69) is 20.9 Å². The highest BCUT2D eigenvalue weighted by molar-refractivity contribution is 6.30. The van der Waals surface area contributed by atoms with E-state index in [4.69, 9.17) is 11.6 Å². The van der Waals surface area contributed by atoms with Crippen molar-refractivity contribution in [3.05, 3.63) is 29.5 Å². The van der Waals surface area contributed by atoms with Gasteiger partial charge in [0.15, 0.2) is 0 Å². The number of hydrogen-bond donors (Lipinski definition) is 1. The predicted molar refractivity (Wildman–Crippen MR) is 70.4 cm³/mol. The summed E-state index contributed by atoms with van der Waals surface area (Å²) in [4.78, 5) is 4.42. The first kappa shape index (κ1) is 11.1. The molecule has 0 spiro atoms. The maximum Gasteiger partial charge on any atom is 0.141 e. The highest BCUT2D eigenvalue weighted by Crippen LogP contribution is 2.23. The molecule has 1 N–H and O–H groups in total. The largest absolute Gasteiger partial charge is 0.315 e. The Morgan fingerprint density at radius 1 is 1.47 bits per heavy atom. The lowest BCUT2D eigenvalue weighted by Crippen LogP contribution is -2.37. The second-order valence-electron chi connectivity index (χ2n) is 4.64. The maximum absolute atomic E-state index is 6.28. The van der Waals surface area contributed by atoms with Crippen LogP contribution in [0.25, 0.3) is 11.0 Å². The zero-order valence-electron chi connectivity index (χ0n) is 9.69. The highest BCUT2D eigenvalue weighted by atomic mass is 35.5. The van der Waals surface area contributed by atoms with Crippen molar-refractivity contribution in [2.45, 2.75) is 31.8 Å². The van der Waals surface area contributed by atoms with Crippen LogP contribution in [0.5, 0.6) is 0 Å². The third-order valence-corrected chi connectivity index (χ3v) is 3.73. The normalized spacial score (nSPS) is 20.9. The van der Waals surface area contributed by atoms with Crippen molar-refractivity contribution in [3.63, 3.8) is 0 Å². The van der Waals surface area contributed by atoms with Gasteiger partial charge in [0, 0.05) is 24.2 Å². The van der Waals surface area contributed by atoms with Crippen LogP contribution in [0.1, 0.15) is 19.3 Å². The number of halogens is 1. The van der Waals surface area contributed by atoms with Gasteiger partial charge in [-0.15, -0.1) is 0 Å². The fraction of sp³-hybridized carbons (Fsp3) is 0.462. The predicted octanol–water partition coefficient (Wildman–Crippen LogP) is 2.83. The van der Waals surface area contributed by atoms with Gasteiger partial charge in [-0.25, -0.2) is 4.98 Å². The van der Waals surface area contributed by atoms with Crippen LogP contribution in [0.4, 0.5) is 0 Å². The van der Waals surface area contributed by atoms with E-state index in [1.54, 1.807) is 0 Å². The van der Waals surface area contributed by atoms with Gasteiger partial charge in [-0.2, -0.15) is 0 Å². The Labute approximate surface area is 106 Å². The fourth-order valence-electron chi connectivity index (χ4n) is 2.53. The Morgan fingerprint density at radius 3 is 3.24 bits per heavy atom. The lowest BCUT2D eigenvalue weighted by Gasteiger charge is -2.24. The summed E-state index contributed by atoms with van der Waals surface area (Å²) < 4.78 is 2.11. The molecule has 1 atom stereocenters. The lowest BCUT2D eigenvalue weighted by atomic mass is 10.1. The molecule has 3 rings (SSSR count). The van der Waals surface area contributed by atoms with Crippen molar-refractivity contribution in [2.24, 2.45) is 0 Å². The van der Waals surface area contributed by atoms with Gasteiger partial charge in [0.2, 0.25) is 0 Å². The van der Waals surface area contributed by atoms with Gasteiger partial charge in [0.25, 0.3) is 0 Å². The highest BCUT2D eigenvalue weighted by Gasteiger charge is 2.16. The van der Waals surface area contributed by atoms with E-state index < -0.39 is 0 Å². The van der Waals surface area contributed by atoms with Gasteiger partial charge < -0.3 is 9.88 Å². The van der Waals surface area contributed by atoms with E-state index in [0.29, 0.717) is 6.04 Å². The summed E-state index contributed by atoms with van der Waals surface area (Å²) in [5, 5.41) is 5.44. The number of rotatable bonds is 2. The smallest absolute Gasteiger partial charge is 0.141 e. The monoisotopic (exact) mass is 249 g/mol. The summed E-state index contributed by atoms with van der Waals surface area (Å²) in [6.45, 7) is 2.04. The molecule has 17 heavy (non-hydrogen) atoms. The maximum atomic E-state index is 6.28. The molecule has 0 aliphatic carbocycles. The van der Waals surface area contributed by atoms with Crippen LogP contribution in [0.3, 0.4) is 0 Å². The summed E-state index contributed by atoms with van der Waals surface area (Å²) in [6.07, 6.45) is 5.64. The van der Waals surface area contributed by atoms with Crippen LogP contribution in [0.15, 0.2) is 24.4 Å². The first-order valence-corrected chi connectivity index (χ1v) is 6.55. The summed E-state index contributed by atoms with van der Waals surface area (Å²) in [6, 6.07) is 6.52. The minimum Gasteiger partial charge on any atom is -0.315 e. The summed E-state index contributed by atoms with van der Waals surface area (Å²) >= 11 is 6.28. The van der Waals surface area contributed by atoms with Gasteiger partial charge in [-0.05, 0) is 37.6 Å². The number of fused-ring (bicyclic) bond motifs is 1. The summed E-state index contributed by atoms with van der Waals surface area (Å²) in [7, 11) is 0. The molecular weight excluding hydrogens is 234 g/mol. The third-order valence-electron chi connectivity index (χ3n) is 3.42. The second-order valence-corrected chi connectivity index (χ2v) is 5.03. The minimum atomic E-state index is 0.527. The van der Waals surface area contributed by atoms with Crippen molar-refractivity contribution in [2.75, 3.05) is 6.54 Å². The molecule has 1 saturated heterocycles. The van der Waals surface area contributed by atoms with Crippen LogP contribution >= 0.6 is 11.6 Å². The number of aromatic nitrogens is 2. The van der Waals surface area contributed by atoms with Crippen molar-refractivity contribution in [1.82, 2.24) is 14.9 Å². The van der Waals surface area contributed by atoms with Crippen LogP contribution in [0, 0.1) is 0 Å². The Morgan fingerprint density at radius 2 is 2.41 bits per heavy atom. The molecule has 3 nitrogen and oxygen atoms in total. The average Bonchev–Trinajstić information content (AvgIpc) is 2.68. The van der Waals surface area contributed by atoms with Gasteiger partial charge in [0.1, 0.15) is 10.8 Å². The Bertz CT molecular complexity index is 514. The number of pyridine rings is 1. The lowest BCUT2D eigenvalue weighted by molar-refractivity contribution is 0.366. The van der Waals surface area contributed by atoms with Crippen LogP contribution in [-0.4, -0.2) is 22.1 Å². The molecule has 0 aromatic carbocycles.